The van der Waals surface area contributed by atoms with Gasteiger partial charge in [-0.25, -0.2) is 4.79 Å². The molecule has 1 fully saturated rings. The molecule has 0 aromatic heterocycles. The number of ether oxygens (including phenoxy) is 1. The van der Waals surface area contributed by atoms with Crippen LogP contribution in [-0.2, 0) is 9.53 Å². The molecule has 0 radical (unpaired) electrons. The molecule has 1 aliphatic rings. The maximum Gasteiger partial charge on any atom is 0.314 e. The highest BCUT2D eigenvalue weighted by Crippen LogP contribution is 2.25. The Kier molecular flexibility index (Phi) is 6.78. The summed E-state index contributed by atoms with van der Waals surface area (Å²) >= 11 is 0. The SMILES string of the molecule is CC(C)(CCNC(=O)NCC1CCCO1)CCC(=O)O. The zero-order valence-corrected chi connectivity index (χ0v) is 12.4. The molecule has 1 rings (SSSR count). The first-order valence-electron chi connectivity index (χ1n) is 7.24. The zero-order valence-electron chi connectivity index (χ0n) is 12.4. The number of urea groups is 1. The summed E-state index contributed by atoms with van der Waals surface area (Å²) in [4.78, 5) is 22.1. The number of carbonyl (C=O) groups excluding carboxylic acids is 1. The summed E-state index contributed by atoms with van der Waals surface area (Å²) in [5.41, 5.74) is -0.0831. The summed E-state index contributed by atoms with van der Waals surface area (Å²) in [7, 11) is 0. The van der Waals surface area contributed by atoms with E-state index < -0.39 is 5.97 Å². The van der Waals surface area contributed by atoms with Gasteiger partial charge in [0, 0.05) is 26.1 Å². The summed E-state index contributed by atoms with van der Waals surface area (Å²) in [6.45, 7) is 5.91. The predicted octanol–water partition coefficient (Wildman–Crippen LogP) is 1.75. The van der Waals surface area contributed by atoms with E-state index in [2.05, 4.69) is 10.6 Å². The van der Waals surface area contributed by atoms with Crippen molar-refractivity contribution in [3.05, 3.63) is 0 Å². The fourth-order valence-corrected chi connectivity index (χ4v) is 2.16. The monoisotopic (exact) mass is 286 g/mol. The van der Waals surface area contributed by atoms with E-state index >= 15 is 0 Å². The van der Waals surface area contributed by atoms with Gasteiger partial charge in [0.1, 0.15) is 0 Å². The third-order valence-electron chi connectivity index (χ3n) is 3.62. The minimum Gasteiger partial charge on any atom is -0.481 e. The molecule has 0 aromatic rings. The predicted molar refractivity (Wildman–Crippen MR) is 75.6 cm³/mol. The molecule has 3 N–H and O–H groups in total. The molecule has 2 amide bonds. The Morgan fingerprint density at radius 3 is 2.65 bits per heavy atom. The van der Waals surface area contributed by atoms with Crippen molar-refractivity contribution >= 4 is 12.0 Å². The van der Waals surface area contributed by atoms with Crippen molar-refractivity contribution in [3.63, 3.8) is 0 Å². The second-order valence-corrected chi connectivity index (χ2v) is 6.08. The van der Waals surface area contributed by atoms with Crippen LogP contribution in [0.5, 0.6) is 0 Å². The molecule has 0 spiro atoms. The van der Waals surface area contributed by atoms with E-state index in [1.807, 2.05) is 13.8 Å². The first kappa shape index (κ1) is 16.8. The van der Waals surface area contributed by atoms with Crippen LogP contribution in [0, 0.1) is 5.41 Å². The van der Waals surface area contributed by atoms with Gasteiger partial charge in [-0.2, -0.15) is 0 Å². The van der Waals surface area contributed by atoms with E-state index in [4.69, 9.17) is 9.84 Å². The first-order chi connectivity index (χ1) is 9.39. The third kappa shape index (κ3) is 7.33. The van der Waals surface area contributed by atoms with Gasteiger partial charge in [-0.3, -0.25) is 4.79 Å². The molecule has 0 aliphatic carbocycles. The Morgan fingerprint density at radius 2 is 2.05 bits per heavy atom. The number of carbonyl (C=O) groups is 2. The fourth-order valence-electron chi connectivity index (χ4n) is 2.16. The van der Waals surface area contributed by atoms with Gasteiger partial charge in [0.2, 0.25) is 0 Å². The molecular weight excluding hydrogens is 260 g/mol. The van der Waals surface area contributed by atoms with Gasteiger partial charge in [-0.15, -0.1) is 0 Å². The van der Waals surface area contributed by atoms with Crippen LogP contribution in [0.15, 0.2) is 0 Å². The minimum absolute atomic E-state index is 0.0831. The number of rotatable bonds is 8. The average molecular weight is 286 g/mol. The van der Waals surface area contributed by atoms with Gasteiger partial charge in [-0.05, 0) is 31.1 Å². The molecule has 0 bridgehead atoms. The highest BCUT2D eigenvalue weighted by Gasteiger charge is 2.19. The lowest BCUT2D eigenvalue weighted by Crippen LogP contribution is -2.40. The molecule has 0 aromatic carbocycles. The summed E-state index contributed by atoms with van der Waals surface area (Å²) in [5.74, 6) is -0.777. The summed E-state index contributed by atoms with van der Waals surface area (Å²) in [6, 6.07) is -0.186. The lowest BCUT2D eigenvalue weighted by atomic mass is 9.84. The van der Waals surface area contributed by atoms with E-state index in [0.29, 0.717) is 19.5 Å². The molecular formula is C14H26N2O4. The normalized spacial score (nSPS) is 18.8. The van der Waals surface area contributed by atoms with Crippen molar-refractivity contribution in [1.82, 2.24) is 10.6 Å². The Morgan fingerprint density at radius 1 is 1.30 bits per heavy atom. The second kappa shape index (κ2) is 8.09. The van der Waals surface area contributed by atoms with Crippen molar-refractivity contribution in [3.8, 4) is 0 Å². The number of hydrogen-bond acceptors (Lipinski definition) is 3. The average Bonchev–Trinajstić information content (AvgIpc) is 2.87. The third-order valence-corrected chi connectivity index (χ3v) is 3.62. The number of carboxylic acid groups (broad SMARTS) is 1. The van der Waals surface area contributed by atoms with Crippen LogP contribution >= 0.6 is 0 Å². The summed E-state index contributed by atoms with van der Waals surface area (Å²) in [5, 5.41) is 14.3. The Labute approximate surface area is 120 Å². The lowest BCUT2D eigenvalue weighted by molar-refractivity contribution is -0.137. The molecule has 1 aliphatic heterocycles. The largest absolute Gasteiger partial charge is 0.481 e. The van der Waals surface area contributed by atoms with Crippen LogP contribution in [0.1, 0.15) is 46.0 Å². The number of hydrogen-bond donors (Lipinski definition) is 3. The van der Waals surface area contributed by atoms with Crippen LogP contribution < -0.4 is 10.6 Å². The second-order valence-electron chi connectivity index (χ2n) is 6.08. The minimum atomic E-state index is -0.777. The standard InChI is InChI=1S/C14H26N2O4/c1-14(2,6-5-12(17)18)7-8-15-13(19)16-10-11-4-3-9-20-11/h11H,3-10H2,1-2H3,(H,17,18)(H2,15,16,19). The molecule has 0 saturated carbocycles. The van der Waals surface area contributed by atoms with E-state index in [0.717, 1.165) is 25.9 Å². The zero-order chi connectivity index (χ0) is 15.0. The molecule has 20 heavy (non-hydrogen) atoms. The number of aliphatic carboxylic acids is 1. The van der Waals surface area contributed by atoms with Crippen LogP contribution in [0.4, 0.5) is 4.79 Å². The van der Waals surface area contributed by atoms with Crippen molar-refractivity contribution < 1.29 is 19.4 Å². The Bertz CT molecular complexity index is 325. The lowest BCUT2D eigenvalue weighted by Gasteiger charge is -2.24. The molecule has 1 saturated heterocycles. The van der Waals surface area contributed by atoms with Crippen molar-refractivity contribution in [2.45, 2.75) is 52.1 Å². The summed E-state index contributed by atoms with van der Waals surface area (Å²) < 4.78 is 5.42. The molecule has 1 unspecified atom stereocenters. The van der Waals surface area contributed by atoms with E-state index in [9.17, 15) is 9.59 Å². The topological polar surface area (TPSA) is 87.7 Å². The van der Waals surface area contributed by atoms with Gasteiger partial charge in [-0.1, -0.05) is 13.8 Å². The van der Waals surface area contributed by atoms with E-state index in [1.54, 1.807) is 0 Å². The van der Waals surface area contributed by atoms with E-state index in [1.165, 1.54) is 0 Å². The number of carboxylic acids is 1. The molecule has 6 nitrogen and oxygen atoms in total. The maximum absolute atomic E-state index is 11.6. The van der Waals surface area contributed by atoms with Gasteiger partial charge < -0.3 is 20.5 Å². The Balaban J connectivity index is 2.09. The quantitative estimate of drug-likeness (QED) is 0.634. The van der Waals surface area contributed by atoms with Gasteiger partial charge in [0.25, 0.3) is 0 Å². The first-order valence-corrected chi connectivity index (χ1v) is 7.24. The Hall–Kier alpha value is -1.30. The number of nitrogens with one attached hydrogen (secondary N) is 2. The maximum atomic E-state index is 11.6. The number of amides is 2. The van der Waals surface area contributed by atoms with Gasteiger partial charge in [0.05, 0.1) is 6.10 Å². The van der Waals surface area contributed by atoms with Crippen molar-refractivity contribution in [2.24, 2.45) is 5.41 Å². The molecule has 1 atom stereocenters. The van der Waals surface area contributed by atoms with E-state index in [-0.39, 0.29) is 24.0 Å². The highest BCUT2D eigenvalue weighted by molar-refractivity contribution is 5.73. The molecule has 1 heterocycles. The van der Waals surface area contributed by atoms with Crippen LogP contribution in [0.3, 0.4) is 0 Å². The fraction of sp³-hybridized carbons (Fsp3) is 0.857. The van der Waals surface area contributed by atoms with Crippen molar-refractivity contribution in [1.29, 1.82) is 0 Å². The van der Waals surface area contributed by atoms with Crippen LogP contribution in [0.25, 0.3) is 0 Å². The van der Waals surface area contributed by atoms with Crippen LogP contribution in [-0.4, -0.2) is 42.9 Å². The molecule has 6 heteroatoms. The smallest absolute Gasteiger partial charge is 0.314 e. The highest BCUT2D eigenvalue weighted by atomic mass is 16.5. The van der Waals surface area contributed by atoms with Crippen LogP contribution in [0.2, 0.25) is 0 Å². The van der Waals surface area contributed by atoms with Gasteiger partial charge >= 0.3 is 12.0 Å². The van der Waals surface area contributed by atoms with Crippen molar-refractivity contribution in [2.75, 3.05) is 19.7 Å². The summed E-state index contributed by atoms with van der Waals surface area (Å²) in [6.07, 6.45) is 3.74. The van der Waals surface area contributed by atoms with Gasteiger partial charge in [0.15, 0.2) is 0 Å². The molecule has 116 valence electrons.